The van der Waals surface area contributed by atoms with Crippen LogP contribution in [0.3, 0.4) is 0 Å². The van der Waals surface area contributed by atoms with Crippen molar-refractivity contribution in [3.05, 3.63) is 99.6 Å². The maximum Gasteiger partial charge on any atom is 0.266 e. The molecular weight excluding hydrogens is 408 g/mol. The zero-order valence-electron chi connectivity index (χ0n) is 19.7. The van der Waals surface area contributed by atoms with Crippen molar-refractivity contribution in [3.8, 4) is 11.8 Å². The molecule has 1 N–H and O–H groups in total. The van der Waals surface area contributed by atoms with E-state index in [-0.39, 0.29) is 5.57 Å². The largest absolute Gasteiger partial charge is 0.494 e. The van der Waals surface area contributed by atoms with Gasteiger partial charge in [-0.05, 0) is 73.7 Å². The average molecular weight is 439 g/mol. The van der Waals surface area contributed by atoms with Gasteiger partial charge in [-0.15, -0.1) is 0 Å². The third-order valence-electron chi connectivity index (χ3n) is 5.36. The standard InChI is InChI=1S/C29H30N2O2/c1-5-22-8-11-27(12-9-22)31-29(32)26(19-30)16-23-7-10-25(28(18-23)33-6-2)17-24-14-20(3)13-21(4)15-24/h7-16,18H,5-6,17H2,1-4H3,(H,31,32)/b26-16+. The Labute approximate surface area is 196 Å². The van der Waals surface area contributed by atoms with Gasteiger partial charge in [-0.1, -0.05) is 60.5 Å². The normalized spacial score (nSPS) is 11.1. The third-order valence-corrected chi connectivity index (χ3v) is 5.36. The Morgan fingerprint density at radius 2 is 1.67 bits per heavy atom. The number of carbonyl (C=O) groups excluding carboxylic acids is 1. The van der Waals surface area contributed by atoms with E-state index in [1.54, 1.807) is 6.08 Å². The average Bonchev–Trinajstić information content (AvgIpc) is 2.79. The zero-order chi connectivity index (χ0) is 23.8. The molecule has 0 spiro atoms. The number of aryl methyl sites for hydroxylation is 3. The van der Waals surface area contributed by atoms with Crippen LogP contribution >= 0.6 is 0 Å². The first kappa shape index (κ1) is 23.8. The molecule has 0 saturated carbocycles. The molecule has 168 valence electrons. The second-order valence-electron chi connectivity index (χ2n) is 8.15. The fourth-order valence-electron chi connectivity index (χ4n) is 3.83. The predicted molar refractivity (Wildman–Crippen MR) is 134 cm³/mol. The summed E-state index contributed by atoms with van der Waals surface area (Å²) in [5.74, 6) is 0.331. The summed E-state index contributed by atoms with van der Waals surface area (Å²) in [5, 5.41) is 12.4. The van der Waals surface area contributed by atoms with Gasteiger partial charge in [0.15, 0.2) is 0 Å². The van der Waals surface area contributed by atoms with Gasteiger partial charge in [0, 0.05) is 12.1 Å². The maximum atomic E-state index is 12.7. The highest BCUT2D eigenvalue weighted by Gasteiger charge is 2.12. The minimum Gasteiger partial charge on any atom is -0.494 e. The van der Waals surface area contributed by atoms with Crippen molar-refractivity contribution in [2.24, 2.45) is 0 Å². The number of amides is 1. The fraction of sp³-hybridized carbons (Fsp3) is 0.241. The lowest BCUT2D eigenvalue weighted by Crippen LogP contribution is -2.13. The molecule has 0 heterocycles. The van der Waals surface area contributed by atoms with Crippen LogP contribution in [0.5, 0.6) is 5.75 Å². The monoisotopic (exact) mass is 438 g/mol. The molecule has 3 rings (SSSR count). The molecule has 33 heavy (non-hydrogen) atoms. The van der Waals surface area contributed by atoms with E-state index in [0.29, 0.717) is 12.3 Å². The van der Waals surface area contributed by atoms with Crippen molar-refractivity contribution in [2.75, 3.05) is 11.9 Å². The molecule has 1 amide bonds. The topological polar surface area (TPSA) is 62.1 Å². The van der Waals surface area contributed by atoms with E-state index in [2.05, 4.69) is 44.3 Å². The van der Waals surface area contributed by atoms with Crippen molar-refractivity contribution in [2.45, 2.75) is 40.5 Å². The molecule has 3 aromatic carbocycles. The van der Waals surface area contributed by atoms with Gasteiger partial charge in [-0.3, -0.25) is 4.79 Å². The molecule has 0 radical (unpaired) electrons. The molecule has 0 aliphatic heterocycles. The summed E-state index contributed by atoms with van der Waals surface area (Å²) in [5.41, 5.74) is 7.40. The number of rotatable bonds is 8. The first-order chi connectivity index (χ1) is 15.9. The van der Waals surface area contributed by atoms with Gasteiger partial charge < -0.3 is 10.1 Å². The van der Waals surface area contributed by atoms with Crippen LogP contribution in [0.1, 0.15) is 47.2 Å². The van der Waals surface area contributed by atoms with Crippen LogP contribution < -0.4 is 10.1 Å². The number of hydrogen-bond acceptors (Lipinski definition) is 3. The molecule has 0 unspecified atom stereocenters. The Balaban J connectivity index is 1.83. The Morgan fingerprint density at radius 1 is 0.970 bits per heavy atom. The summed E-state index contributed by atoms with van der Waals surface area (Å²) in [7, 11) is 0. The van der Waals surface area contributed by atoms with Crippen molar-refractivity contribution in [1.82, 2.24) is 0 Å². The van der Waals surface area contributed by atoms with Crippen LogP contribution in [-0.4, -0.2) is 12.5 Å². The third kappa shape index (κ3) is 6.57. The van der Waals surface area contributed by atoms with Gasteiger partial charge in [-0.2, -0.15) is 5.26 Å². The number of hydrogen-bond donors (Lipinski definition) is 1. The summed E-state index contributed by atoms with van der Waals surface area (Å²) >= 11 is 0. The minimum atomic E-state index is -0.431. The molecule has 4 nitrogen and oxygen atoms in total. The van der Waals surface area contributed by atoms with Crippen molar-refractivity contribution < 1.29 is 9.53 Å². The summed E-state index contributed by atoms with van der Waals surface area (Å²) in [6.07, 6.45) is 3.28. The van der Waals surface area contributed by atoms with Crippen LogP contribution in [0.2, 0.25) is 0 Å². The van der Waals surface area contributed by atoms with Gasteiger partial charge in [0.05, 0.1) is 6.61 Å². The highest BCUT2D eigenvalue weighted by Crippen LogP contribution is 2.26. The Morgan fingerprint density at radius 3 is 2.27 bits per heavy atom. The molecule has 0 aliphatic rings. The smallest absolute Gasteiger partial charge is 0.266 e. The minimum absolute atomic E-state index is 0.0408. The first-order valence-electron chi connectivity index (χ1n) is 11.3. The number of anilines is 1. The number of nitriles is 1. The lowest BCUT2D eigenvalue weighted by atomic mass is 9.98. The SMILES string of the molecule is CCOc1cc(/C=C(\C#N)C(=O)Nc2ccc(CC)cc2)ccc1Cc1cc(C)cc(C)c1. The van der Waals surface area contributed by atoms with E-state index in [1.807, 2.05) is 55.5 Å². The molecule has 0 saturated heterocycles. The van der Waals surface area contributed by atoms with E-state index < -0.39 is 5.91 Å². The highest BCUT2D eigenvalue weighted by molar-refractivity contribution is 6.09. The van der Waals surface area contributed by atoms with Crippen LogP contribution in [0.4, 0.5) is 5.69 Å². The Kier molecular flexibility index (Phi) is 8.05. The number of benzene rings is 3. The van der Waals surface area contributed by atoms with E-state index in [0.717, 1.165) is 29.7 Å². The first-order valence-corrected chi connectivity index (χ1v) is 11.3. The summed E-state index contributed by atoms with van der Waals surface area (Å²) in [6, 6.07) is 22.0. The van der Waals surface area contributed by atoms with Gasteiger partial charge in [0.2, 0.25) is 0 Å². The molecule has 0 fully saturated rings. The molecule has 3 aromatic rings. The summed E-state index contributed by atoms with van der Waals surface area (Å²) in [6.45, 7) is 8.75. The number of nitrogens with zero attached hydrogens (tertiary/aromatic N) is 1. The number of ether oxygens (including phenoxy) is 1. The van der Waals surface area contributed by atoms with E-state index in [1.165, 1.54) is 22.3 Å². The van der Waals surface area contributed by atoms with E-state index >= 15 is 0 Å². The Bertz CT molecular complexity index is 1180. The molecule has 0 aliphatic carbocycles. The summed E-state index contributed by atoms with van der Waals surface area (Å²) < 4.78 is 5.89. The van der Waals surface area contributed by atoms with Gasteiger partial charge in [0.1, 0.15) is 17.4 Å². The van der Waals surface area contributed by atoms with Gasteiger partial charge in [0.25, 0.3) is 5.91 Å². The fourth-order valence-corrected chi connectivity index (χ4v) is 3.83. The van der Waals surface area contributed by atoms with Crippen LogP contribution in [0.25, 0.3) is 6.08 Å². The maximum absolute atomic E-state index is 12.7. The zero-order valence-corrected chi connectivity index (χ0v) is 19.7. The molecule has 4 heteroatoms. The van der Waals surface area contributed by atoms with Crippen LogP contribution in [0.15, 0.2) is 66.2 Å². The van der Waals surface area contributed by atoms with Crippen LogP contribution in [-0.2, 0) is 17.6 Å². The molecule has 0 bridgehead atoms. The van der Waals surface area contributed by atoms with Crippen molar-refractivity contribution in [3.63, 3.8) is 0 Å². The summed E-state index contributed by atoms with van der Waals surface area (Å²) in [4.78, 5) is 12.7. The van der Waals surface area contributed by atoms with Crippen LogP contribution in [0, 0.1) is 25.2 Å². The Hall–Kier alpha value is -3.84. The van der Waals surface area contributed by atoms with E-state index in [9.17, 15) is 10.1 Å². The molecule has 0 aromatic heterocycles. The second-order valence-corrected chi connectivity index (χ2v) is 8.15. The highest BCUT2D eigenvalue weighted by atomic mass is 16.5. The quantitative estimate of drug-likeness (QED) is 0.327. The number of nitrogens with one attached hydrogen (secondary N) is 1. The lowest BCUT2D eigenvalue weighted by Gasteiger charge is -2.13. The molecular formula is C29H30N2O2. The number of carbonyl (C=O) groups is 1. The predicted octanol–water partition coefficient (Wildman–Crippen LogP) is 6.40. The second kappa shape index (κ2) is 11.2. The van der Waals surface area contributed by atoms with Gasteiger partial charge in [-0.25, -0.2) is 0 Å². The lowest BCUT2D eigenvalue weighted by molar-refractivity contribution is -0.112. The van der Waals surface area contributed by atoms with E-state index in [4.69, 9.17) is 4.74 Å². The van der Waals surface area contributed by atoms with Crippen molar-refractivity contribution in [1.29, 1.82) is 5.26 Å². The van der Waals surface area contributed by atoms with Gasteiger partial charge >= 0.3 is 0 Å². The molecule has 0 atom stereocenters. The van der Waals surface area contributed by atoms with Crippen molar-refractivity contribution >= 4 is 17.7 Å².